The van der Waals surface area contributed by atoms with E-state index >= 15 is 0 Å². The number of hydrogen-bond acceptors (Lipinski definition) is 5. The molecule has 7 heteroatoms. The largest absolute Gasteiger partial charge is 0.310 e. The van der Waals surface area contributed by atoms with E-state index in [1.165, 1.54) is 11.8 Å². The van der Waals surface area contributed by atoms with Gasteiger partial charge in [0.2, 0.25) is 5.91 Å². The van der Waals surface area contributed by atoms with Gasteiger partial charge in [0.15, 0.2) is 11.0 Å². The lowest BCUT2D eigenvalue weighted by molar-refractivity contribution is -0.113. The van der Waals surface area contributed by atoms with Gasteiger partial charge in [-0.1, -0.05) is 36.0 Å². The summed E-state index contributed by atoms with van der Waals surface area (Å²) in [6.45, 7) is 6.80. The van der Waals surface area contributed by atoms with Crippen LogP contribution < -0.4 is 5.32 Å². The Morgan fingerprint density at radius 3 is 2.73 bits per heavy atom. The third-order valence-corrected chi connectivity index (χ3v) is 4.90. The zero-order valence-electron chi connectivity index (χ0n) is 15.1. The number of nitrogens with zero attached hydrogens (tertiary/aromatic N) is 4. The maximum Gasteiger partial charge on any atom is 0.236 e. The Bertz CT molecular complexity index is 922. The van der Waals surface area contributed by atoms with Gasteiger partial charge in [0.05, 0.1) is 5.75 Å². The van der Waals surface area contributed by atoms with Crippen LogP contribution in [-0.4, -0.2) is 31.4 Å². The van der Waals surface area contributed by atoms with E-state index in [2.05, 4.69) is 33.5 Å². The summed E-state index contributed by atoms with van der Waals surface area (Å²) in [6.07, 6.45) is 1.68. The number of anilines is 1. The van der Waals surface area contributed by atoms with E-state index in [1.807, 2.05) is 48.7 Å². The summed E-state index contributed by atoms with van der Waals surface area (Å²) in [7, 11) is 0. The van der Waals surface area contributed by atoms with Crippen LogP contribution in [0.5, 0.6) is 0 Å². The van der Waals surface area contributed by atoms with E-state index in [-0.39, 0.29) is 11.7 Å². The molecule has 0 saturated heterocycles. The van der Waals surface area contributed by atoms with E-state index in [9.17, 15) is 4.79 Å². The van der Waals surface area contributed by atoms with Gasteiger partial charge in [0.25, 0.3) is 0 Å². The van der Waals surface area contributed by atoms with Gasteiger partial charge >= 0.3 is 0 Å². The molecule has 0 aliphatic rings. The maximum atomic E-state index is 12.2. The summed E-state index contributed by atoms with van der Waals surface area (Å²) in [5, 5.41) is 12.2. The minimum Gasteiger partial charge on any atom is -0.310 e. The van der Waals surface area contributed by atoms with Crippen molar-refractivity contribution in [2.24, 2.45) is 0 Å². The molecule has 0 radical (unpaired) electrons. The first-order chi connectivity index (χ1) is 12.6. The average Bonchev–Trinajstić information content (AvgIpc) is 3.03. The Labute approximate surface area is 157 Å². The Balaban J connectivity index is 1.71. The molecule has 0 aliphatic carbocycles. The van der Waals surface area contributed by atoms with Crippen LogP contribution in [0.2, 0.25) is 0 Å². The Morgan fingerprint density at radius 1 is 1.19 bits per heavy atom. The van der Waals surface area contributed by atoms with Crippen LogP contribution in [-0.2, 0) is 11.3 Å². The highest BCUT2D eigenvalue weighted by atomic mass is 32.2. The monoisotopic (exact) mass is 367 g/mol. The van der Waals surface area contributed by atoms with E-state index in [4.69, 9.17) is 0 Å². The molecule has 0 bridgehead atoms. The summed E-state index contributed by atoms with van der Waals surface area (Å²) in [5.74, 6) is 1.53. The number of carbonyl (C=O) groups is 1. The van der Waals surface area contributed by atoms with Crippen molar-refractivity contribution in [3.63, 3.8) is 0 Å². The molecular formula is C19H21N5OS. The first-order valence-electron chi connectivity index (χ1n) is 8.43. The lowest BCUT2D eigenvalue weighted by Gasteiger charge is -2.09. The SMILES string of the molecule is CCn1c(SCC(=O)Nc2cc(C)ccn2)nnc1-c1ccccc1C. The molecule has 1 aromatic carbocycles. The summed E-state index contributed by atoms with van der Waals surface area (Å²) in [6, 6.07) is 11.8. The molecule has 0 fully saturated rings. The smallest absolute Gasteiger partial charge is 0.236 e. The van der Waals surface area contributed by atoms with Crippen LogP contribution in [0.15, 0.2) is 47.8 Å². The van der Waals surface area contributed by atoms with Crippen molar-refractivity contribution in [2.45, 2.75) is 32.5 Å². The molecule has 26 heavy (non-hydrogen) atoms. The molecule has 134 valence electrons. The summed E-state index contributed by atoms with van der Waals surface area (Å²) < 4.78 is 2.03. The first kappa shape index (κ1) is 18.1. The van der Waals surface area contributed by atoms with Crippen LogP contribution in [0.3, 0.4) is 0 Å². The Hall–Kier alpha value is -2.67. The lowest BCUT2D eigenvalue weighted by atomic mass is 10.1. The van der Waals surface area contributed by atoms with Crippen LogP contribution in [0.1, 0.15) is 18.1 Å². The maximum absolute atomic E-state index is 12.2. The molecule has 1 amide bonds. The predicted octanol–water partition coefficient (Wildman–Crippen LogP) is 3.71. The third kappa shape index (κ3) is 4.11. The van der Waals surface area contributed by atoms with Crippen LogP contribution in [0, 0.1) is 13.8 Å². The standard InChI is InChI=1S/C19H21N5OS/c1-4-24-18(15-8-6-5-7-14(15)3)22-23-19(24)26-12-17(25)21-16-11-13(2)9-10-20-16/h5-11H,4,12H2,1-3H3,(H,20,21,25). The normalized spacial score (nSPS) is 10.7. The molecule has 0 atom stereocenters. The van der Waals surface area contributed by atoms with Crippen molar-refractivity contribution < 1.29 is 4.79 Å². The molecular weight excluding hydrogens is 346 g/mol. The third-order valence-electron chi connectivity index (χ3n) is 3.93. The summed E-state index contributed by atoms with van der Waals surface area (Å²) in [5.41, 5.74) is 3.26. The van der Waals surface area contributed by atoms with E-state index < -0.39 is 0 Å². The second kappa shape index (κ2) is 8.14. The second-order valence-electron chi connectivity index (χ2n) is 5.92. The van der Waals surface area contributed by atoms with Crippen molar-refractivity contribution in [3.8, 4) is 11.4 Å². The van der Waals surface area contributed by atoms with Crippen molar-refractivity contribution in [1.82, 2.24) is 19.7 Å². The molecule has 0 unspecified atom stereocenters. The predicted molar refractivity (Wildman–Crippen MR) is 104 cm³/mol. The van der Waals surface area contributed by atoms with E-state index in [1.54, 1.807) is 6.20 Å². The number of aromatic nitrogens is 4. The number of pyridine rings is 1. The quantitative estimate of drug-likeness (QED) is 0.673. The molecule has 3 aromatic rings. The highest BCUT2D eigenvalue weighted by molar-refractivity contribution is 7.99. The van der Waals surface area contributed by atoms with Gasteiger partial charge in [0.1, 0.15) is 5.82 Å². The van der Waals surface area contributed by atoms with Gasteiger partial charge in [-0.25, -0.2) is 4.98 Å². The first-order valence-corrected chi connectivity index (χ1v) is 9.41. The van der Waals surface area contributed by atoms with Gasteiger partial charge < -0.3 is 9.88 Å². The molecule has 0 saturated carbocycles. The number of thioether (sulfide) groups is 1. The second-order valence-corrected chi connectivity index (χ2v) is 6.86. The van der Waals surface area contributed by atoms with Crippen molar-refractivity contribution in [3.05, 3.63) is 53.7 Å². The zero-order valence-corrected chi connectivity index (χ0v) is 15.9. The summed E-state index contributed by atoms with van der Waals surface area (Å²) in [4.78, 5) is 16.3. The zero-order chi connectivity index (χ0) is 18.5. The highest BCUT2D eigenvalue weighted by Crippen LogP contribution is 2.26. The number of hydrogen-bond donors (Lipinski definition) is 1. The lowest BCUT2D eigenvalue weighted by Crippen LogP contribution is -2.15. The molecule has 1 N–H and O–H groups in total. The number of nitrogens with one attached hydrogen (secondary N) is 1. The fourth-order valence-corrected chi connectivity index (χ4v) is 3.42. The van der Waals surface area contributed by atoms with Gasteiger partial charge in [-0.2, -0.15) is 0 Å². The number of benzene rings is 1. The van der Waals surface area contributed by atoms with Crippen molar-refractivity contribution >= 4 is 23.5 Å². The van der Waals surface area contributed by atoms with Gasteiger partial charge in [0, 0.05) is 18.3 Å². The highest BCUT2D eigenvalue weighted by Gasteiger charge is 2.15. The minimum absolute atomic E-state index is 0.115. The van der Waals surface area contributed by atoms with Crippen molar-refractivity contribution in [1.29, 1.82) is 0 Å². The fourth-order valence-electron chi connectivity index (χ4n) is 2.62. The van der Waals surface area contributed by atoms with Crippen LogP contribution in [0.4, 0.5) is 5.82 Å². The fraction of sp³-hybridized carbons (Fsp3) is 0.263. The van der Waals surface area contributed by atoms with E-state index in [0.717, 1.165) is 34.2 Å². The van der Waals surface area contributed by atoms with Gasteiger partial charge in [-0.15, -0.1) is 10.2 Å². The summed E-state index contributed by atoms with van der Waals surface area (Å²) >= 11 is 1.37. The average molecular weight is 367 g/mol. The molecule has 2 aromatic heterocycles. The Morgan fingerprint density at radius 2 is 2.00 bits per heavy atom. The molecule has 2 heterocycles. The van der Waals surface area contributed by atoms with Crippen molar-refractivity contribution in [2.75, 3.05) is 11.1 Å². The van der Waals surface area contributed by atoms with E-state index in [0.29, 0.717) is 5.82 Å². The molecule has 0 aliphatic heterocycles. The molecule has 3 rings (SSSR count). The number of rotatable bonds is 6. The number of aryl methyl sites for hydroxylation is 2. The van der Waals surface area contributed by atoms with Gasteiger partial charge in [-0.3, -0.25) is 4.79 Å². The molecule has 0 spiro atoms. The number of carbonyl (C=O) groups excluding carboxylic acids is 1. The minimum atomic E-state index is -0.115. The van der Waals surface area contributed by atoms with Crippen LogP contribution in [0.25, 0.3) is 11.4 Å². The Kier molecular flexibility index (Phi) is 5.68. The topological polar surface area (TPSA) is 72.7 Å². The van der Waals surface area contributed by atoms with Crippen LogP contribution >= 0.6 is 11.8 Å². The van der Waals surface area contributed by atoms with Gasteiger partial charge in [-0.05, 0) is 44.0 Å². The number of amides is 1. The molecule has 6 nitrogen and oxygen atoms in total.